The number of hydrogen-bond acceptors (Lipinski definition) is 6. The summed E-state index contributed by atoms with van der Waals surface area (Å²) in [6.45, 7) is 2.04. The van der Waals surface area contributed by atoms with E-state index in [-0.39, 0.29) is 11.5 Å². The average molecular weight is 522 g/mol. The van der Waals surface area contributed by atoms with Gasteiger partial charge in [0.25, 0.3) is 5.91 Å². The summed E-state index contributed by atoms with van der Waals surface area (Å²) in [7, 11) is 0. The summed E-state index contributed by atoms with van der Waals surface area (Å²) < 4.78 is 11.0. The molecule has 3 aromatic carbocycles. The number of carboxylic acids is 1. The molecule has 0 fully saturated rings. The first-order valence-corrected chi connectivity index (χ1v) is 12.1. The van der Waals surface area contributed by atoms with Crippen LogP contribution in [0.5, 0.6) is 5.75 Å². The Hall–Kier alpha value is -5.37. The van der Waals surface area contributed by atoms with Crippen LogP contribution < -0.4 is 4.90 Å². The number of benzene rings is 3. The van der Waals surface area contributed by atoms with Gasteiger partial charge in [-0.1, -0.05) is 42.5 Å². The Morgan fingerprint density at radius 1 is 0.949 bits per heavy atom. The zero-order valence-electron chi connectivity index (χ0n) is 20.8. The van der Waals surface area contributed by atoms with Crippen molar-refractivity contribution in [2.75, 3.05) is 11.5 Å². The van der Waals surface area contributed by atoms with Gasteiger partial charge in [0, 0.05) is 17.2 Å². The summed E-state index contributed by atoms with van der Waals surface area (Å²) in [5.41, 5.74) is 2.92. The summed E-state index contributed by atoms with van der Waals surface area (Å²) in [5.74, 6) is -1.48. The molecule has 8 nitrogen and oxygen atoms in total. The van der Waals surface area contributed by atoms with E-state index in [9.17, 15) is 24.6 Å². The van der Waals surface area contributed by atoms with Crippen molar-refractivity contribution in [3.8, 4) is 17.1 Å². The van der Waals surface area contributed by atoms with Crippen molar-refractivity contribution >= 4 is 35.3 Å². The van der Waals surface area contributed by atoms with Crippen molar-refractivity contribution in [1.29, 1.82) is 0 Å². The lowest BCUT2D eigenvalue weighted by molar-refractivity contribution is -0.113. The van der Waals surface area contributed by atoms with Gasteiger partial charge in [-0.05, 0) is 61.0 Å². The van der Waals surface area contributed by atoms with E-state index in [1.807, 2.05) is 30.3 Å². The van der Waals surface area contributed by atoms with Crippen LogP contribution in [-0.4, -0.2) is 34.7 Å². The number of ether oxygens (including phenoxy) is 1. The van der Waals surface area contributed by atoms with Gasteiger partial charge in [-0.15, -0.1) is 0 Å². The van der Waals surface area contributed by atoms with Crippen LogP contribution in [0.3, 0.4) is 0 Å². The lowest BCUT2D eigenvalue weighted by atomic mass is 10.1. The molecule has 0 atom stereocenters. The van der Waals surface area contributed by atoms with E-state index in [1.165, 1.54) is 23.1 Å². The molecule has 194 valence electrons. The molecular formula is C31H23NO7. The maximum absolute atomic E-state index is 13.6. The van der Waals surface area contributed by atoms with E-state index in [1.54, 1.807) is 55.5 Å². The highest BCUT2D eigenvalue weighted by atomic mass is 16.5. The Morgan fingerprint density at radius 3 is 2.36 bits per heavy atom. The predicted molar refractivity (Wildman–Crippen MR) is 145 cm³/mol. The number of anilines is 1. The van der Waals surface area contributed by atoms with Crippen LogP contribution in [0.2, 0.25) is 0 Å². The minimum absolute atomic E-state index is 0.259. The van der Waals surface area contributed by atoms with Crippen LogP contribution in [-0.2, 0) is 9.53 Å². The second-order valence-electron chi connectivity index (χ2n) is 8.64. The smallest absolute Gasteiger partial charge is 0.339 e. The molecular weight excluding hydrogens is 498 g/mol. The van der Waals surface area contributed by atoms with E-state index in [0.29, 0.717) is 40.6 Å². The fourth-order valence-electron chi connectivity index (χ4n) is 4.26. The van der Waals surface area contributed by atoms with Crippen LogP contribution in [0.4, 0.5) is 5.69 Å². The first-order chi connectivity index (χ1) is 18.9. The van der Waals surface area contributed by atoms with Gasteiger partial charge < -0.3 is 19.4 Å². The maximum atomic E-state index is 13.6. The van der Waals surface area contributed by atoms with Gasteiger partial charge >= 0.3 is 11.9 Å². The maximum Gasteiger partial charge on any atom is 0.339 e. The summed E-state index contributed by atoms with van der Waals surface area (Å²) in [4.78, 5) is 38.3. The Labute approximate surface area is 223 Å². The third-order valence-electron chi connectivity index (χ3n) is 6.13. The third-order valence-corrected chi connectivity index (χ3v) is 6.13. The minimum Gasteiger partial charge on any atom is -0.507 e. The number of esters is 1. The predicted octanol–water partition coefficient (Wildman–Crippen LogP) is 6.00. The molecule has 0 bridgehead atoms. The molecule has 0 spiro atoms. The number of amides is 1. The van der Waals surface area contributed by atoms with E-state index >= 15 is 0 Å². The molecule has 0 unspecified atom stereocenters. The zero-order chi connectivity index (χ0) is 27.5. The second kappa shape index (κ2) is 10.5. The topological polar surface area (TPSA) is 117 Å². The molecule has 2 N–H and O–H groups in total. The molecule has 5 rings (SSSR count). The van der Waals surface area contributed by atoms with Gasteiger partial charge in [-0.25, -0.2) is 9.59 Å². The van der Waals surface area contributed by atoms with Gasteiger partial charge in [0.2, 0.25) is 0 Å². The van der Waals surface area contributed by atoms with Gasteiger partial charge in [0.1, 0.15) is 22.8 Å². The van der Waals surface area contributed by atoms with E-state index < -0.39 is 17.7 Å². The molecule has 0 saturated carbocycles. The van der Waals surface area contributed by atoms with Crippen molar-refractivity contribution in [2.24, 2.45) is 0 Å². The van der Waals surface area contributed by atoms with Crippen LogP contribution in [0.25, 0.3) is 23.1 Å². The SMILES string of the molecule is CCOC(=O)c1ccc(-c2ccc(C=C3C=C(c4ccccc4)N(c4ccc(C(=O)O)c(O)c4)C3=O)o2)cc1. The number of hydrogen-bond donors (Lipinski definition) is 2. The number of furan rings is 1. The van der Waals surface area contributed by atoms with Gasteiger partial charge in [0.15, 0.2) is 0 Å². The number of phenols is 1. The van der Waals surface area contributed by atoms with E-state index in [4.69, 9.17) is 9.15 Å². The summed E-state index contributed by atoms with van der Waals surface area (Å²) >= 11 is 0. The Balaban J connectivity index is 1.48. The third kappa shape index (κ3) is 5.08. The Bertz CT molecular complexity index is 1630. The molecule has 0 radical (unpaired) electrons. The number of carboxylic acid groups (broad SMARTS) is 1. The standard InChI is InChI=1S/C31H23NO7/c1-2-38-31(37)21-10-8-20(9-11-21)28-15-13-24(39-28)16-22-17-26(19-6-4-3-5-7-19)32(29(22)34)23-12-14-25(30(35)36)27(33)18-23/h3-18,33H,2H2,1H3,(H,35,36). The second-order valence-corrected chi connectivity index (χ2v) is 8.64. The van der Waals surface area contributed by atoms with Crippen LogP contribution in [0.1, 0.15) is 39.0 Å². The van der Waals surface area contributed by atoms with Crippen molar-refractivity contribution in [3.05, 3.63) is 119 Å². The fraction of sp³-hybridized carbons (Fsp3) is 0.0645. The van der Waals surface area contributed by atoms with E-state index in [2.05, 4.69) is 0 Å². The highest BCUT2D eigenvalue weighted by Crippen LogP contribution is 2.37. The first-order valence-electron chi connectivity index (χ1n) is 12.1. The Morgan fingerprint density at radius 2 is 1.69 bits per heavy atom. The quantitative estimate of drug-likeness (QED) is 0.226. The number of nitrogens with zero attached hydrogens (tertiary/aromatic N) is 1. The van der Waals surface area contributed by atoms with Crippen LogP contribution >= 0.6 is 0 Å². The fourth-order valence-corrected chi connectivity index (χ4v) is 4.26. The first kappa shape index (κ1) is 25.3. The van der Waals surface area contributed by atoms with Gasteiger partial charge in [-0.2, -0.15) is 0 Å². The van der Waals surface area contributed by atoms with Crippen molar-refractivity contribution < 1.29 is 33.8 Å². The monoisotopic (exact) mass is 521 g/mol. The molecule has 1 amide bonds. The van der Waals surface area contributed by atoms with Crippen molar-refractivity contribution in [2.45, 2.75) is 6.92 Å². The molecule has 0 saturated heterocycles. The highest BCUT2D eigenvalue weighted by molar-refractivity contribution is 6.23. The molecule has 0 aliphatic carbocycles. The number of rotatable bonds is 7. The number of carbonyl (C=O) groups is 3. The van der Waals surface area contributed by atoms with Crippen LogP contribution in [0.15, 0.2) is 101 Å². The molecule has 8 heteroatoms. The zero-order valence-corrected chi connectivity index (χ0v) is 20.8. The normalized spacial score (nSPS) is 14.0. The molecule has 1 aromatic heterocycles. The number of aromatic carboxylic acids is 1. The van der Waals surface area contributed by atoms with Crippen molar-refractivity contribution in [1.82, 2.24) is 0 Å². The summed E-state index contributed by atoms with van der Waals surface area (Å²) in [5, 5.41) is 19.5. The van der Waals surface area contributed by atoms with Gasteiger partial charge in [-0.3, -0.25) is 9.69 Å². The van der Waals surface area contributed by atoms with Gasteiger partial charge in [0.05, 0.1) is 23.6 Å². The molecule has 39 heavy (non-hydrogen) atoms. The molecule has 4 aromatic rings. The van der Waals surface area contributed by atoms with E-state index in [0.717, 1.165) is 11.1 Å². The Kier molecular flexibility index (Phi) is 6.84. The number of aromatic hydroxyl groups is 1. The lowest BCUT2D eigenvalue weighted by Crippen LogP contribution is -2.25. The molecule has 1 aliphatic rings. The largest absolute Gasteiger partial charge is 0.507 e. The minimum atomic E-state index is -1.27. The molecule has 1 aliphatic heterocycles. The summed E-state index contributed by atoms with van der Waals surface area (Å²) in [6, 6.07) is 23.6. The highest BCUT2D eigenvalue weighted by Gasteiger charge is 2.31. The molecule has 2 heterocycles. The lowest BCUT2D eigenvalue weighted by Gasteiger charge is -2.21. The average Bonchev–Trinajstić information content (AvgIpc) is 3.54. The summed E-state index contributed by atoms with van der Waals surface area (Å²) in [6.07, 6.45) is 3.34. The van der Waals surface area contributed by atoms with Crippen LogP contribution in [0, 0.1) is 0 Å². The van der Waals surface area contributed by atoms with Crippen molar-refractivity contribution in [3.63, 3.8) is 0 Å². The number of carbonyl (C=O) groups excluding carboxylic acids is 2.